The molecule has 160 valence electrons. The molecule has 0 aromatic carbocycles. The molecule has 0 aromatic rings. The summed E-state index contributed by atoms with van der Waals surface area (Å²) in [5.41, 5.74) is 1.37. The molecular formula is C25H49KN2. The van der Waals surface area contributed by atoms with E-state index in [9.17, 15) is 0 Å². The summed E-state index contributed by atoms with van der Waals surface area (Å²) in [7, 11) is 2.31. The van der Waals surface area contributed by atoms with E-state index >= 15 is 0 Å². The van der Waals surface area contributed by atoms with Crippen molar-refractivity contribution in [3.63, 3.8) is 0 Å². The van der Waals surface area contributed by atoms with Gasteiger partial charge in [-0.15, -0.1) is 0 Å². The Kier molecular flexibility index (Phi) is 11.8. The SMILES string of the molecule is CC.CC1CCN(C2CC2)C2(CCC2)C1.C[C@@H]1CCN(C)C2(CCC2)C1.[CH3-].[K+]. The Morgan fingerprint density at radius 1 is 0.714 bits per heavy atom. The second-order valence-electron chi connectivity index (χ2n) is 10.2. The predicted octanol–water partition coefficient (Wildman–Crippen LogP) is 3.55. The van der Waals surface area contributed by atoms with E-state index in [0.717, 1.165) is 17.9 Å². The van der Waals surface area contributed by atoms with Crippen molar-refractivity contribution < 1.29 is 51.4 Å². The van der Waals surface area contributed by atoms with Crippen LogP contribution in [0.3, 0.4) is 0 Å². The molecule has 2 heterocycles. The summed E-state index contributed by atoms with van der Waals surface area (Å²) in [5, 5.41) is 0. The Bertz CT molecular complexity index is 440. The summed E-state index contributed by atoms with van der Waals surface area (Å²) in [5.74, 6) is 1.97. The minimum atomic E-state index is 0. The third-order valence-corrected chi connectivity index (χ3v) is 8.25. The first-order valence-corrected chi connectivity index (χ1v) is 12.0. The minimum Gasteiger partial charge on any atom is -0.358 e. The normalized spacial score (nSPS) is 32.9. The number of piperidine rings is 2. The van der Waals surface area contributed by atoms with Crippen LogP contribution in [0.15, 0.2) is 0 Å². The van der Waals surface area contributed by atoms with Gasteiger partial charge in [-0.05, 0) is 109 Å². The van der Waals surface area contributed by atoms with Gasteiger partial charge in [0.1, 0.15) is 0 Å². The minimum absolute atomic E-state index is 0. The second kappa shape index (κ2) is 12.0. The van der Waals surface area contributed by atoms with E-state index in [1.165, 1.54) is 90.1 Å². The van der Waals surface area contributed by atoms with E-state index in [-0.39, 0.29) is 58.8 Å². The van der Waals surface area contributed by atoms with E-state index in [2.05, 4.69) is 30.7 Å². The number of hydrogen-bond acceptors (Lipinski definition) is 2. The summed E-state index contributed by atoms with van der Waals surface area (Å²) in [6.45, 7) is 11.6. The van der Waals surface area contributed by atoms with Gasteiger partial charge in [-0.3, -0.25) is 4.90 Å². The molecule has 5 rings (SSSR count). The fraction of sp³-hybridized carbons (Fsp3) is 0.960. The maximum atomic E-state index is 2.89. The zero-order valence-corrected chi connectivity index (χ0v) is 23.6. The molecule has 28 heavy (non-hydrogen) atoms. The smallest absolute Gasteiger partial charge is 0.358 e. The quantitative estimate of drug-likeness (QED) is 0.476. The van der Waals surface area contributed by atoms with E-state index < -0.39 is 0 Å². The molecule has 2 aliphatic heterocycles. The van der Waals surface area contributed by atoms with Gasteiger partial charge < -0.3 is 12.3 Å². The van der Waals surface area contributed by atoms with Crippen LogP contribution in [0.25, 0.3) is 0 Å². The second-order valence-corrected chi connectivity index (χ2v) is 10.2. The molecule has 3 heteroatoms. The van der Waals surface area contributed by atoms with Gasteiger partial charge in [0.05, 0.1) is 0 Å². The number of rotatable bonds is 1. The van der Waals surface area contributed by atoms with Crippen LogP contribution in [-0.2, 0) is 0 Å². The summed E-state index contributed by atoms with van der Waals surface area (Å²) in [4.78, 5) is 5.49. The fourth-order valence-corrected chi connectivity index (χ4v) is 6.23. The van der Waals surface area contributed by atoms with Gasteiger partial charge in [0.15, 0.2) is 0 Å². The third-order valence-electron chi connectivity index (χ3n) is 8.25. The van der Waals surface area contributed by atoms with Gasteiger partial charge >= 0.3 is 51.4 Å². The molecule has 0 amide bonds. The number of nitrogens with zero attached hydrogens (tertiary/aromatic N) is 2. The Balaban J connectivity index is 0.000000244. The maximum absolute atomic E-state index is 2.89. The van der Waals surface area contributed by atoms with Gasteiger partial charge in [-0.2, -0.15) is 0 Å². The van der Waals surface area contributed by atoms with Crippen LogP contribution >= 0.6 is 0 Å². The number of likely N-dealkylation sites (tertiary alicyclic amines) is 2. The first-order chi connectivity index (χ1) is 12.5. The molecule has 1 unspecified atom stereocenters. The van der Waals surface area contributed by atoms with Crippen LogP contribution in [0.1, 0.15) is 105 Å². The number of hydrogen-bond donors (Lipinski definition) is 0. The van der Waals surface area contributed by atoms with Crippen LogP contribution < -0.4 is 51.4 Å². The third kappa shape index (κ3) is 6.08. The monoisotopic (exact) mass is 416 g/mol. The molecule has 5 fully saturated rings. The molecule has 0 bridgehead atoms. The maximum Gasteiger partial charge on any atom is 1.00 e. The summed E-state index contributed by atoms with van der Waals surface area (Å²) >= 11 is 0. The van der Waals surface area contributed by atoms with Crippen molar-refractivity contribution in [3.05, 3.63) is 7.43 Å². The molecule has 2 atom stereocenters. The molecule has 5 aliphatic rings. The summed E-state index contributed by atoms with van der Waals surface area (Å²) in [6, 6.07) is 1.01. The van der Waals surface area contributed by atoms with Gasteiger partial charge in [-0.25, -0.2) is 0 Å². The van der Waals surface area contributed by atoms with E-state index in [4.69, 9.17) is 0 Å². The topological polar surface area (TPSA) is 6.48 Å². The standard InChI is InChI=1S/C12H21N.C10H19N.C2H6.CH3.K/c1-10-5-8-13(11-3-4-11)12(9-10)6-2-7-12;1-9-4-7-11(2)10(8-9)5-3-6-10;1-2;;/h10-11H,2-9H2,1H3;9H,3-8H2,1-2H3;1-2H3;1H3;/q;;;-1;+1/t;9-;;;/m.1.../s1. The Labute approximate surface area is 220 Å². The first-order valence-electron chi connectivity index (χ1n) is 12.0. The van der Waals surface area contributed by atoms with Gasteiger partial charge in [-0.1, -0.05) is 27.7 Å². The average molecular weight is 417 g/mol. The van der Waals surface area contributed by atoms with Gasteiger partial charge in [0, 0.05) is 17.1 Å². The van der Waals surface area contributed by atoms with Crippen LogP contribution in [0.2, 0.25) is 0 Å². The molecule has 3 aliphatic carbocycles. The van der Waals surface area contributed by atoms with Crippen molar-refractivity contribution >= 4 is 0 Å². The Morgan fingerprint density at radius 2 is 1.18 bits per heavy atom. The largest absolute Gasteiger partial charge is 1.00 e. The van der Waals surface area contributed by atoms with E-state index in [1.807, 2.05) is 13.8 Å². The van der Waals surface area contributed by atoms with Crippen LogP contribution in [0.5, 0.6) is 0 Å². The van der Waals surface area contributed by atoms with Crippen LogP contribution in [-0.4, -0.2) is 47.1 Å². The Hall–Kier alpha value is 1.56. The molecule has 2 nitrogen and oxygen atoms in total. The summed E-state index contributed by atoms with van der Waals surface area (Å²) < 4.78 is 0. The van der Waals surface area contributed by atoms with Crippen molar-refractivity contribution in [2.45, 2.75) is 122 Å². The van der Waals surface area contributed by atoms with Crippen molar-refractivity contribution in [3.8, 4) is 0 Å². The zero-order valence-electron chi connectivity index (χ0n) is 20.5. The average Bonchev–Trinajstić information content (AvgIpc) is 3.41. The molecular weight excluding hydrogens is 367 g/mol. The fourth-order valence-electron chi connectivity index (χ4n) is 6.23. The molecule has 2 spiro atoms. The van der Waals surface area contributed by atoms with Crippen molar-refractivity contribution in [1.82, 2.24) is 9.80 Å². The molecule has 0 radical (unpaired) electrons. The predicted molar refractivity (Wildman–Crippen MR) is 120 cm³/mol. The van der Waals surface area contributed by atoms with Crippen molar-refractivity contribution in [2.24, 2.45) is 11.8 Å². The Morgan fingerprint density at radius 3 is 1.57 bits per heavy atom. The zero-order chi connectivity index (χ0) is 18.8. The molecule has 0 aromatic heterocycles. The van der Waals surface area contributed by atoms with E-state index in [1.54, 1.807) is 0 Å². The van der Waals surface area contributed by atoms with Gasteiger partial charge in [0.2, 0.25) is 0 Å². The summed E-state index contributed by atoms with van der Waals surface area (Å²) in [6.07, 6.45) is 17.7. The first kappa shape index (κ1) is 27.6. The van der Waals surface area contributed by atoms with Crippen LogP contribution in [0, 0.1) is 19.3 Å². The van der Waals surface area contributed by atoms with Crippen molar-refractivity contribution in [1.29, 1.82) is 0 Å². The van der Waals surface area contributed by atoms with Crippen molar-refractivity contribution in [2.75, 3.05) is 20.1 Å². The molecule has 0 N–H and O–H groups in total. The van der Waals surface area contributed by atoms with E-state index in [0.29, 0.717) is 11.1 Å². The van der Waals surface area contributed by atoms with Gasteiger partial charge in [0.25, 0.3) is 0 Å². The molecule has 3 saturated carbocycles. The van der Waals surface area contributed by atoms with Crippen LogP contribution in [0.4, 0.5) is 0 Å². The molecule has 2 saturated heterocycles.